The third-order valence-corrected chi connectivity index (χ3v) is 17.9. The molecule has 278 valence electrons. The van der Waals surface area contributed by atoms with Crippen LogP contribution >= 0.6 is 15.8 Å². The van der Waals surface area contributed by atoms with Gasteiger partial charge in [-0.1, -0.05) is 12.8 Å². The smallest absolute Gasteiger partial charge is 0.124 e. The van der Waals surface area contributed by atoms with Gasteiger partial charge in [-0.05, 0) is 234 Å². The highest BCUT2D eigenvalue weighted by Crippen LogP contribution is 2.60. The van der Waals surface area contributed by atoms with Crippen LogP contribution in [0.25, 0.3) is 0 Å². The lowest BCUT2D eigenvalue weighted by Gasteiger charge is -2.39. The van der Waals surface area contributed by atoms with Crippen LogP contribution in [0.1, 0.15) is 83.0 Å². The molecular weight excluding hydrogens is 678 g/mol. The molecule has 0 saturated heterocycles. The Kier molecular flexibility index (Phi) is 12.0. The summed E-state index contributed by atoms with van der Waals surface area (Å²) < 4.78 is 23.5. The number of hydrogen-bond donors (Lipinski definition) is 0. The molecule has 0 heterocycles. The van der Waals surface area contributed by atoms with Crippen molar-refractivity contribution in [3.63, 3.8) is 0 Å². The number of ether oxygens (including phenoxy) is 4. The van der Waals surface area contributed by atoms with Crippen LogP contribution in [0.4, 0.5) is 0 Å². The third kappa shape index (κ3) is 7.24. The summed E-state index contributed by atoms with van der Waals surface area (Å²) in [7, 11) is 5.96. The van der Waals surface area contributed by atoms with Crippen molar-refractivity contribution in [1.29, 1.82) is 0 Å². The van der Waals surface area contributed by atoms with Gasteiger partial charge < -0.3 is 18.9 Å². The van der Waals surface area contributed by atoms with E-state index >= 15 is 0 Å². The highest BCUT2D eigenvalue weighted by Gasteiger charge is 2.46. The quantitative estimate of drug-likeness (QED) is 0.144. The van der Waals surface area contributed by atoms with E-state index in [9.17, 15) is 0 Å². The van der Waals surface area contributed by atoms with Crippen molar-refractivity contribution in [2.45, 2.75) is 105 Å². The molecule has 52 heavy (non-hydrogen) atoms. The predicted octanol–water partition coefficient (Wildman–Crippen LogP) is 10.1. The molecule has 2 aliphatic carbocycles. The van der Waals surface area contributed by atoms with Crippen LogP contribution in [0.5, 0.6) is 23.0 Å². The van der Waals surface area contributed by atoms with E-state index in [4.69, 9.17) is 18.9 Å². The molecule has 2 aliphatic rings. The standard InChI is InChI=1S/C46H60O4P2/c1-27-19-35(20-28(2)43(27)47-9)51(36-21-29(3)44(48-10)30(4)22-36)41-17-13-15-39(41)40-16-14-18-42(40)52(37-23-31(5)45(49-11)32(6)24-37)38-25-33(7)46(50-12)34(8)26-38/h19-26,39-42H,13-18H2,1-12H3/t39-,40-,41-,42-/m0/s1. The number of methoxy groups -OCH3 is 4. The summed E-state index contributed by atoms with van der Waals surface area (Å²) in [4.78, 5) is 0. The maximum atomic E-state index is 5.88. The first kappa shape index (κ1) is 38.7. The second-order valence-electron chi connectivity index (χ2n) is 15.5. The van der Waals surface area contributed by atoms with E-state index in [1.165, 1.54) is 104 Å². The minimum Gasteiger partial charge on any atom is -0.496 e. The van der Waals surface area contributed by atoms with E-state index in [2.05, 4.69) is 104 Å². The minimum absolute atomic E-state index is 0.621. The van der Waals surface area contributed by atoms with Crippen molar-refractivity contribution in [2.75, 3.05) is 28.4 Å². The van der Waals surface area contributed by atoms with Crippen LogP contribution < -0.4 is 40.2 Å². The molecule has 0 spiro atoms. The number of benzene rings is 4. The number of rotatable bonds is 11. The molecule has 4 atom stereocenters. The Morgan fingerprint density at radius 2 is 0.577 bits per heavy atom. The van der Waals surface area contributed by atoms with Crippen molar-refractivity contribution >= 4 is 37.1 Å². The van der Waals surface area contributed by atoms with Gasteiger partial charge in [-0.3, -0.25) is 0 Å². The monoisotopic (exact) mass is 738 g/mol. The molecule has 0 radical (unpaired) electrons. The summed E-state index contributed by atoms with van der Waals surface area (Å²) in [6.45, 7) is 17.8. The summed E-state index contributed by atoms with van der Waals surface area (Å²) in [6, 6.07) is 19.6. The lowest BCUT2D eigenvalue weighted by atomic mass is 9.89. The molecular formula is C46H60O4P2. The van der Waals surface area contributed by atoms with E-state index < -0.39 is 15.8 Å². The summed E-state index contributed by atoms with van der Waals surface area (Å²) >= 11 is 0. The van der Waals surface area contributed by atoms with E-state index in [-0.39, 0.29) is 0 Å². The van der Waals surface area contributed by atoms with Gasteiger partial charge >= 0.3 is 0 Å². The summed E-state index contributed by atoms with van der Waals surface area (Å²) in [5, 5.41) is 5.97. The van der Waals surface area contributed by atoms with Crippen molar-refractivity contribution in [3.05, 3.63) is 93.0 Å². The third-order valence-electron chi connectivity index (χ3n) is 12.0. The molecule has 0 amide bonds. The first-order valence-electron chi connectivity index (χ1n) is 19.1. The van der Waals surface area contributed by atoms with E-state index in [1.807, 2.05) is 0 Å². The zero-order valence-corrected chi connectivity index (χ0v) is 35.5. The van der Waals surface area contributed by atoms with Crippen LogP contribution in [0.3, 0.4) is 0 Å². The van der Waals surface area contributed by atoms with Gasteiger partial charge in [-0.25, -0.2) is 0 Å². The minimum atomic E-state index is -0.625. The highest BCUT2D eigenvalue weighted by molar-refractivity contribution is 7.74. The normalized spacial score (nSPS) is 20.2. The first-order valence-corrected chi connectivity index (χ1v) is 21.9. The van der Waals surface area contributed by atoms with Crippen LogP contribution in [-0.2, 0) is 0 Å². The Labute approximate surface area is 316 Å². The average molecular weight is 739 g/mol. The maximum absolute atomic E-state index is 5.88. The Morgan fingerprint density at radius 3 is 0.769 bits per heavy atom. The Hall–Kier alpha value is -3.06. The van der Waals surface area contributed by atoms with Crippen LogP contribution in [0, 0.1) is 67.2 Å². The van der Waals surface area contributed by atoms with Gasteiger partial charge in [0.15, 0.2) is 0 Å². The fraction of sp³-hybridized carbons (Fsp3) is 0.478. The molecule has 0 aromatic heterocycles. The van der Waals surface area contributed by atoms with Gasteiger partial charge in [0.2, 0.25) is 0 Å². The molecule has 6 heteroatoms. The van der Waals surface area contributed by atoms with Crippen molar-refractivity contribution in [1.82, 2.24) is 0 Å². The highest BCUT2D eigenvalue weighted by atomic mass is 31.1. The molecule has 0 aliphatic heterocycles. The fourth-order valence-electron chi connectivity index (χ4n) is 10.2. The average Bonchev–Trinajstić information content (AvgIpc) is 3.75. The van der Waals surface area contributed by atoms with Crippen LogP contribution in [0.15, 0.2) is 48.5 Å². The van der Waals surface area contributed by atoms with Crippen molar-refractivity contribution in [2.24, 2.45) is 11.8 Å². The number of hydrogen-bond acceptors (Lipinski definition) is 4. The zero-order chi connectivity index (χ0) is 37.4. The van der Waals surface area contributed by atoms with Gasteiger partial charge in [0, 0.05) is 0 Å². The topological polar surface area (TPSA) is 36.9 Å². The molecule has 0 unspecified atom stereocenters. The molecule has 4 nitrogen and oxygen atoms in total. The van der Waals surface area contributed by atoms with Crippen LogP contribution in [0.2, 0.25) is 0 Å². The maximum Gasteiger partial charge on any atom is 0.124 e. The largest absolute Gasteiger partial charge is 0.496 e. The second kappa shape index (κ2) is 16.1. The Balaban J connectivity index is 1.49. The van der Waals surface area contributed by atoms with Crippen LogP contribution in [-0.4, -0.2) is 39.8 Å². The van der Waals surface area contributed by atoms with Gasteiger partial charge in [-0.15, -0.1) is 0 Å². The Bertz CT molecular complexity index is 1580. The van der Waals surface area contributed by atoms with Gasteiger partial charge in [0.05, 0.1) is 28.4 Å². The molecule has 2 saturated carbocycles. The van der Waals surface area contributed by atoms with E-state index in [0.29, 0.717) is 23.2 Å². The van der Waals surface area contributed by atoms with Crippen molar-refractivity contribution in [3.8, 4) is 23.0 Å². The lowest BCUT2D eigenvalue weighted by Crippen LogP contribution is -2.34. The predicted molar refractivity (Wildman–Crippen MR) is 225 cm³/mol. The van der Waals surface area contributed by atoms with Gasteiger partial charge in [-0.2, -0.15) is 0 Å². The second-order valence-corrected chi connectivity index (χ2v) is 20.4. The SMILES string of the molecule is COc1c(C)cc(P(c2cc(C)c(OC)c(C)c2)[C@H]2CCC[C@H]2[C@@H]2CCC[C@@H]2P(c2cc(C)c(OC)c(C)c2)c2cc(C)c(OC)c(C)c2)cc1C. The van der Waals surface area contributed by atoms with E-state index in [0.717, 1.165) is 23.0 Å². The van der Waals surface area contributed by atoms with Gasteiger partial charge in [0.1, 0.15) is 23.0 Å². The Morgan fingerprint density at radius 1 is 0.365 bits per heavy atom. The molecule has 4 aromatic carbocycles. The molecule has 6 rings (SSSR count). The molecule has 4 aromatic rings. The number of aryl methyl sites for hydroxylation is 8. The summed E-state index contributed by atoms with van der Waals surface area (Å²) in [6.07, 6.45) is 7.81. The summed E-state index contributed by atoms with van der Waals surface area (Å²) in [5.41, 5.74) is 11.1. The first-order chi connectivity index (χ1) is 24.9. The lowest BCUT2D eigenvalue weighted by molar-refractivity contribution is 0.358. The zero-order valence-electron chi connectivity index (χ0n) is 33.7. The summed E-state index contributed by atoms with van der Waals surface area (Å²) in [5.74, 6) is 5.41. The van der Waals surface area contributed by atoms with Gasteiger partial charge in [0.25, 0.3) is 0 Å². The molecule has 2 fully saturated rings. The molecule has 0 bridgehead atoms. The fourth-order valence-corrected chi connectivity index (χ4v) is 17.4. The van der Waals surface area contributed by atoms with E-state index in [1.54, 1.807) is 28.4 Å². The molecule has 0 N–H and O–H groups in total. The van der Waals surface area contributed by atoms with Crippen molar-refractivity contribution < 1.29 is 18.9 Å².